The average molecular weight is 220 g/mol. The Morgan fingerprint density at radius 3 is 1.93 bits per heavy atom. The first-order valence-electron chi connectivity index (χ1n) is 5.47. The van der Waals surface area contributed by atoms with E-state index in [2.05, 4.69) is 34.8 Å². The minimum absolute atomic E-state index is 1.23. The van der Waals surface area contributed by atoms with E-state index < -0.39 is 16.6 Å². The third-order valence-electron chi connectivity index (χ3n) is 3.95. The van der Waals surface area contributed by atoms with Crippen molar-refractivity contribution in [1.29, 1.82) is 0 Å². The van der Waals surface area contributed by atoms with Crippen LogP contribution in [-0.2, 0) is 16.6 Å². The molecular formula is C13H16Ti. The van der Waals surface area contributed by atoms with E-state index in [0.29, 0.717) is 0 Å². The van der Waals surface area contributed by atoms with Crippen molar-refractivity contribution in [3.05, 3.63) is 43.2 Å². The minimum atomic E-state index is -1.75. The fourth-order valence-electron chi connectivity index (χ4n) is 3.13. The topological polar surface area (TPSA) is 0 Å². The quantitative estimate of drug-likeness (QED) is 0.540. The second kappa shape index (κ2) is 2.84. The van der Waals surface area contributed by atoms with E-state index in [1.54, 1.807) is 11.1 Å². The summed E-state index contributed by atoms with van der Waals surface area (Å²) in [5.74, 6) is 0. The van der Waals surface area contributed by atoms with Crippen LogP contribution in [0, 0.1) is 0 Å². The zero-order chi connectivity index (χ0) is 9.76. The molecule has 1 heteroatoms. The van der Waals surface area contributed by atoms with Gasteiger partial charge in [0.25, 0.3) is 0 Å². The van der Waals surface area contributed by atoms with Gasteiger partial charge in [0.15, 0.2) is 0 Å². The van der Waals surface area contributed by atoms with Gasteiger partial charge in [-0.3, -0.25) is 0 Å². The second-order valence-corrected chi connectivity index (χ2v) is 12.0. The Morgan fingerprint density at radius 1 is 0.929 bits per heavy atom. The van der Waals surface area contributed by atoms with Gasteiger partial charge < -0.3 is 0 Å². The van der Waals surface area contributed by atoms with Crippen LogP contribution >= 0.6 is 0 Å². The van der Waals surface area contributed by atoms with Crippen LogP contribution in [0.4, 0.5) is 0 Å². The third kappa shape index (κ3) is 1.05. The van der Waals surface area contributed by atoms with Crippen molar-refractivity contribution in [3.8, 4) is 0 Å². The Kier molecular flexibility index (Phi) is 1.81. The molecule has 0 saturated carbocycles. The summed E-state index contributed by atoms with van der Waals surface area (Å²) in [5, 5.41) is 5.15. The summed E-state index contributed by atoms with van der Waals surface area (Å²) in [4.78, 5) is 0. The van der Waals surface area contributed by atoms with E-state index in [0.717, 1.165) is 0 Å². The number of hydrogen-bond acceptors (Lipinski definition) is 0. The van der Waals surface area contributed by atoms with Gasteiger partial charge in [0, 0.05) is 0 Å². The molecule has 0 unspecified atom stereocenters. The van der Waals surface area contributed by atoms with Gasteiger partial charge in [-0.15, -0.1) is 0 Å². The van der Waals surface area contributed by atoms with Crippen molar-refractivity contribution in [1.82, 2.24) is 0 Å². The van der Waals surface area contributed by atoms with Crippen LogP contribution in [0.3, 0.4) is 0 Å². The Hall–Kier alpha value is -0.326. The van der Waals surface area contributed by atoms with Crippen molar-refractivity contribution < 1.29 is 16.6 Å². The van der Waals surface area contributed by atoms with Crippen molar-refractivity contribution >= 4 is 0 Å². The van der Waals surface area contributed by atoms with Gasteiger partial charge in [0.05, 0.1) is 0 Å². The van der Waals surface area contributed by atoms with E-state index in [1.165, 1.54) is 19.3 Å². The maximum atomic E-state index is 2.57. The van der Waals surface area contributed by atoms with E-state index in [-0.39, 0.29) is 0 Å². The van der Waals surface area contributed by atoms with E-state index in [9.17, 15) is 0 Å². The van der Waals surface area contributed by atoms with Gasteiger partial charge in [-0.25, -0.2) is 0 Å². The number of rotatable bonds is 0. The van der Waals surface area contributed by atoms with Crippen LogP contribution in [0.5, 0.6) is 0 Å². The molecule has 0 fully saturated rings. The van der Waals surface area contributed by atoms with Crippen LogP contribution < -0.4 is 0 Å². The van der Waals surface area contributed by atoms with Crippen molar-refractivity contribution in [2.75, 3.05) is 0 Å². The molecule has 0 spiro atoms. The van der Waals surface area contributed by atoms with Gasteiger partial charge in [-0.2, -0.15) is 0 Å². The summed E-state index contributed by atoms with van der Waals surface area (Å²) >= 11 is -1.75. The Labute approximate surface area is 89.4 Å². The summed E-state index contributed by atoms with van der Waals surface area (Å²) in [6.07, 6.45) is 13.2. The molecule has 0 aromatic heterocycles. The Bertz CT molecular complexity index is 379. The predicted octanol–water partition coefficient (Wildman–Crippen LogP) is 4.07. The van der Waals surface area contributed by atoms with Gasteiger partial charge >= 0.3 is 89.5 Å². The molecule has 2 aliphatic carbocycles. The SMILES string of the molecule is [CH3][Ti]1([CH3])[C]2=C(C=CC2)CC2=[C]1CC=C2. The molecule has 1 aliphatic heterocycles. The van der Waals surface area contributed by atoms with Crippen LogP contribution in [0.15, 0.2) is 43.2 Å². The van der Waals surface area contributed by atoms with Crippen molar-refractivity contribution in [2.45, 2.75) is 29.7 Å². The zero-order valence-electron chi connectivity index (χ0n) is 8.93. The fraction of sp³-hybridized carbons (Fsp3) is 0.385. The van der Waals surface area contributed by atoms with Crippen LogP contribution in [0.25, 0.3) is 0 Å². The van der Waals surface area contributed by atoms with Gasteiger partial charge in [0.2, 0.25) is 0 Å². The molecule has 72 valence electrons. The molecule has 0 radical (unpaired) electrons. The molecule has 3 rings (SSSR count). The van der Waals surface area contributed by atoms with E-state index >= 15 is 0 Å². The fourth-order valence-corrected chi connectivity index (χ4v) is 8.71. The van der Waals surface area contributed by atoms with Crippen molar-refractivity contribution in [2.24, 2.45) is 0 Å². The van der Waals surface area contributed by atoms with Crippen LogP contribution in [0.1, 0.15) is 19.3 Å². The van der Waals surface area contributed by atoms with Gasteiger partial charge in [0.1, 0.15) is 0 Å². The molecule has 0 N–H and O–H groups in total. The summed E-state index contributed by atoms with van der Waals surface area (Å²) in [6, 6.07) is 0. The first-order valence-corrected chi connectivity index (χ1v) is 10.2. The Morgan fingerprint density at radius 2 is 1.43 bits per heavy atom. The van der Waals surface area contributed by atoms with E-state index in [1.807, 2.05) is 7.76 Å². The molecule has 0 atom stereocenters. The van der Waals surface area contributed by atoms with Gasteiger partial charge in [-0.05, 0) is 0 Å². The molecule has 0 nitrogen and oxygen atoms in total. The predicted molar refractivity (Wildman–Crippen MR) is 57.9 cm³/mol. The maximum absolute atomic E-state index is 2.57. The summed E-state index contributed by atoms with van der Waals surface area (Å²) in [7, 11) is 0. The average Bonchev–Trinajstić information content (AvgIpc) is 2.71. The first-order chi connectivity index (χ1) is 6.69. The molecule has 0 aromatic carbocycles. The third-order valence-corrected chi connectivity index (χ3v) is 10.3. The molecule has 14 heavy (non-hydrogen) atoms. The number of hydrogen-bond donors (Lipinski definition) is 0. The number of allylic oxidation sites excluding steroid dienone is 8. The zero-order valence-corrected chi connectivity index (χ0v) is 10.5. The molecule has 0 saturated heterocycles. The standard InChI is InChI=1S/C11H10.2CH3.Ti/c1-2-6-10(5-1)9-11-7-3-4-8-11;;;/h1,3,5,7H,2,4,9H2;2*1H3;. The molecule has 0 aromatic rings. The second-order valence-electron chi connectivity index (χ2n) is 5.02. The summed E-state index contributed by atoms with van der Waals surface area (Å²) in [5.41, 5.74) is 3.33. The molecule has 3 aliphatic rings. The molecule has 1 heterocycles. The normalized spacial score (nSPS) is 27.3. The van der Waals surface area contributed by atoms with Gasteiger partial charge in [-0.1, -0.05) is 0 Å². The summed E-state index contributed by atoms with van der Waals surface area (Å²) < 4.78 is 3.71. The summed E-state index contributed by atoms with van der Waals surface area (Å²) in [6.45, 7) is 0. The van der Waals surface area contributed by atoms with Crippen LogP contribution in [-0.4, -0.2) is 0 Å². The van der Waals surface area contributed by atoms with Crippen molar-refractivity contribution in [3.63, 3.8) is 0 Å². The Balaban J connectivity index is 2.12. The monoisotopic (exact) mass is 220 g/mol. The first kappa shape index (κ1) is 8.94. The van der Waals surface area contributed by atoms with Crippen LogP contribution in [0.2, 0.25) is 10.5 Å². The van der Waals surface area contributed by atoms with E-state index in [4.69, 9.17) is 0 Å². The molecule has 0 bridgehead atoms. The molecular weight excluding hydrogens is 204 g/mol. The molecule has 0 amide bonds.